The molecule has 2 N–H and O–H groups in total. The van der Waals surface area contributed by atoms with Gasteiger partial charge in [-0.05, 0) is 68.0 Å². The number of piperidine rings is 1. The van der Waals surface area contributed by atoms with E-state index in [0.717, 1.165) is 30.7 Å². The highest BCUT2D eigenvalue weighted by Crippen LogP contribution is 2.54. The summed E-state index contributed by atoms with van der Waals surface area (Å²) in [6, 6.07) is 3.80. The molecule has 2 aliphatic carbocycles. The van der Waals surface area contributed by atoms with Crippen LogP contribution < -0.4 is 10.9 Å². The highest BCUT2D eigenvalue weighted by atomic mass is 16.1. The molecule has 0 amide bonds. The fraction of sp³-hybridized carbons (Fsp3) is 0.688. The zero-order valence-electron chi connectivity index (χ0n) is 11.5. The largest absolute Gasteiger partial charge is 0.326 e. The molecule has 3 aliphatic rings. The van der Waals surface area contributed by atoms with Gasteiger partial charge in [-0.25, -0.2) is 0 Å². The van der Waals surface area contributed by atoms with Crippen molar-refractivity contribution in [2.45, 2.75) is 44.6 Å². The Morgan fingerprint density at radius 2 is 2.26 bits per heavy atom. The van der Waals surface area contributed by atoms with Gasteiger partial charge in [-0.2, -0.15) is 0 Å². The molecular weight excluding hydrogens is 236 g/mol. The number of hydrogen-bond acceptors (Lipinski definition) is 2. The Hall–Kier alpha value is -1.09. The average Bonchev–Trinajstić information content (AvgIpc) is 2.37. The summed E-state index contributed by atoms with van der Waals surface area (Å²) in [5.41, 5.74) is 2.79. The molecule has 4 atom stereocenters. The summed E-state index contributed by atoms with van der Waals surface area (Å²) >= 11 is 0. The molecule has 1 aliphatic heterocycles. The smallest absolute Gasteiger partial charge is 0.248 e. The van der Waals surface area contributed by atoms with Crippen molar-refractivity contribution in [1.82, 2.24) is 10.3 Å². The van der Waals surface area contributed by atoms with Crippen LogP contribution in [0.4, 0.5) is 0 Å². The Morgan fingerprint density at radius 3 is 3.16 bits per heavy atom. The second-order valence-corrected chi connectivity index (χ2v) is 6.87. The maximum Gasteiger partial charge on any atom is 0.248 e. The molecule has 4 rings (SSSR count). The van der Waals surface area contributed by atoms with E-state index >= 15 is 0 Å². The molecule has 102 valence electrons. The number of hydrogen-bond donors (Lipinski definition) is 2. The number of aromatic nitrogens is 1. The van der Waals surface area contributed by atoms with E-state index in [-0.39, 0.29) is 11.1 Å². The summed E-state index contributed by atoms with van der Waals surface area (Å²) in [5.74, 6) is 2.31. The first kappa shape index (κ1) is 11.7. The molecular formula is C16H22N2O. The van der Waals surface area contributed by atoms with E-state index in [1.54, 1.807) is 6.07 Å². The predicted octanol–water partition coefficient (Wildman–Crippen LogP) is 2.17. The van der Waals surface area contributed by atoms with Crippen molar-refractivity contribution in [2.75, 3.05) is 6.54 Å². The maximum absolute atomic E-state index is 11.6. The molecule has 2 bridgehead atoms. The van der Waals surface area contributed by atoms with Gasteiger partial charge < -0.3 is 10.3 Å². The second kappa shape index (κ2) is 3.95. The maximum atomic E-state index is 11.6. The van der Waals surface area contributed by atoms with Crippen molar-refractivity contribution in [3.63, 3.8) is 0 Å². The number of fused-ring (bicyclic) bond motifs is 1. The monoisotopic (exact) mass is 258 g/mol. The van der Waals surface area contributed by atoms with Crippen molar-refractivity contribution in [3.05, 3.63) is 33.7 Å². The lowest BCUT2D eigenvalue weighted by atomic mass is 9.54. The summed E-state index contributed by atoms with van der Waals surface area (Å²) in [6.07, 6.45) is 6.28. The standard InChI is InChI=1S/C16H22N2O/c1-10-7-11-8-14-13(4-5-15(19)18-14)16(9-10)12(11)3-2-6-17-16/h4-5,10-12,17H,2-3,6-9H2,1H3,(H,18,19). The van der Waals surface area contributed by atoms with Gasteiger partial charge in [0.1, 0.15) is 0 Å². The summed E-state index contributed by atoms with van der Waals surface area (Å²) in [5, 5.41) is 3.85. The zero-order valence-corrected chi connectivity index (χ0v) is 11.5. The molecule has 0 spiro atoms. The molecule has 1 saturated carbocycles. The first-order valence-electron chi connectivity index (χ1n) is 7.67. The van der Waals surface area contributed by atoms with Crippen LogP contribution in [0.25, 0.3) is 0 Å². The first-order valence-corrected chi connectivity index (χ1v) is 7.67. The lowest BCUT2D eigenvalue weighted by molar-refractivity contribution is 0.00797. The Bertz CT molecular complexity index is 564. The number of rotatable bonds is 0. The third kappa shape index (κ3) is 1.57. The van der Waals surface area contributed by atoms with Gasteiger partial charge in [-0.15, -0.1) is 0 Å². The molecule has 3 heteroatoms. The van der Waals surface area contributed by atoms with Gasteiger partial charge in [0.15, 0.2) is 0 Å². The van der Waals surface area contributed by atoms with E-state index in [9.17, 15) is 4.79 Å². The van der Waals surface area contributed by atoms with Crippen LogP contribution in [0.15, 0.2) is 16.9 Å². The van der Waals surface area contributed by atoms with Crippen LogP contribution in [0.5, 0.6) is 0 Å². The SMILES string of the molecule is CC1CC2Cc3[nH]c(=O)ccc3C3(C1)NCCCC23. The van der Waals surface area contributed by atoms with Crippen LogP contribution in [-0.2, 0) is 12.0 Å². The molecule has 0 aromatic carbocycles. The molecule has 19 heavy (non-hydrogen) atoms. The van der Waals surface area contributed by atoms with E-state index in [4.69, 9.17) is 0 Å². The highest BCUT2D eigenvalue weighted by molar-refractivity contribution is 5.35. The molecule has 0 radical (unpaired) electrons. The van der Waals surface area contributed by atoms with Crippen molar-refractivity contribution < 1.29 is 0 Å². The normalized spacial score (nSPS) is 40.4. The molecule has 1 aromatic rings. The summed E-state index contributed by atoms with van der Waals surface area (Å²) in [6.45, 7) is 3.51. The van der Waals surface area contributed by atoms with Gasteiger partial charge in [-0.3, -0.25) is 4.79 Å². The predicted molar refractivity (Wildman–Crippen MR) is 75.1 cm³/mol. The summed E-state index contributed by atoms with van der Waals surface area (Å²) in [7, 11) is 0. The van der Waals surface area contributed by atoms with Gasteiger partial charge in [0.25, 0.3) is 0 Å². The Balaban J connectivity index is 1.92. The fourth-order valence-electron chi connectivity index (χ4n) is 5.18. The molecule has 1 saturated heterocycles. The number of H-pyrrole nitrogens is 1. The number of aromatic amines is 1. The lowest BCUT2D eigenvalue weighted by Gasteiger charge is -2.57. The van der Waals surface area contributed by atoms with Crippen molar-refractivity contribution in [1.29, 1.82) is 0 Å². The summed E-state index contributed by atoms with van der Waals surface area (Å²) < 4.78 is 0. The second-order valence-electron chi connectivity index (χ2n) is 6.87. The third-order valence-corrected chi connectivity index (χ3v) is 5.66. The van der Waals surface area contributed by atoms with Gasteiger partial charge >= 0.3 is 0 Å². The molecule has 4 unspecified atom stereocenters. The molecule has 2 fully saturated rings. The van der Waals surface area contributed by atoms with Crippen molar-refractivity contribution >= 4 is 0 Å². The summed E-state index contributed by atoms with van der Waals surface area (Å²) in [4.78, 5) is 14.7. The van der Waals surface area contributed by atoms with Crippen molar-refractivity contribution in [3.8, 4) is 0 Å². The van der Waals surface area contributed by atoms with Crippen LogP contribution in [0.2, 0.25) is 0 Å². The minimum Gasteiger partial charge on any atom is -0.326 e. The quantitative estimate of drug-likeness (QED) is 0.749. The van der Waals surface area contributed by atoms with Crippen LogP contribution in [0.1, 0.15) is 43.9 Å². The van der Waals surface area contributed by atoms with E-state index in [2.05, 4.69) is 23.3 Å². The van der Waals surface area contributed by atoms with Crippen molar-refractivity contribution in [2.24, 2.45) is 17.8 Å². The number of nitrogens with one attached hydrogen (secondary N) is 2. The average molecular weight is 258 g/mol. The van der Waals surface area contributed by atoms with Gasteiger partial charge in [0.05, 0.1) is 0 Å². The van der Waals surface area contributed by atoms with Crippen LogP contribution in [0.3, 0.4) is 0 Å². The minimum absolute atomic E-state index is 0.0514. The Morgan fingerprint density at radius 1 is 1.37 bits per heavy atom. The highest BCUT2D eigenvalue weighted by Gasteiger charge is 2.53. The Labute approximate surface area is 113 Å². The third-order valence-electron chi connectivity index (χ3n) is 5.66. The fourth-order valence-corrected chi connectivity index (χ4v) is 5.18. The first-order chi connectivity index (χ1) is 9.19. The van der Waals surface area contributed by atoms with Crippen LogP contribution >= 0.6 is 0 Å². The van der Waals surface area contributed by atoms with E-state index in [1.807, 2.05) is 0 Å². The molecule has 2 heterocycles. The zero-order chi connectivity index (χ0) is 13.0. The van der Waals surface area contributed by atoms with E-state index in [1.165, 1.54) is 36.9 Å². The van der Waals surface area contributed by atoms with Gasteiger partial charge in [0.2, 0.25) is 5.56 Å². The van der Waals surface area contributed by atoms with Crippen LogP contribution in [-0.4, -0.2) is 11.5 Å². The van der Waals surface area contributed by atoms with Gasteiger partial charge in [0, 0.05) is 17.3 Å². The minimum atomic E-state index is 0.0514. The topological polar surface area (TPSA) is 44.9 Å². The number of pyridine rings is 1. The Kier molecular flexibility index (Phi) is 2.44. The lowest BCUT2D eigenvalue weighted by Crippen LogP contribution is -2.60. The van der Waals surface area contributed by atoms with E-state index in [0.29, 0.717) is 0 Å². The molecule has 1 aromatic heterocycles. The van der Waals surface area contributed by atoms with E-state index < -0.39 is 0 Å². The molecule has 3 nitrogen and oxygen atoms in total. The van der Waals surface area contributed by atoms with Gasteiger partial charge in [-0.1, -0.05) is 6.92 Å². The van der Waals surface area contributed by atoms with Crippen LogP contribution in [0, 0.1) is 17.8 Å².